The molecule has 0 saturated carbocycles. The van der Waals surface area contributed by atoms with Crippen LogP contribution in [0, 0.1) is 0 Å². The molecule has 0 radical (unpaired) electrons. The Labute approximate surface area is 163 Å². The fraction of sp³-hybridized carbons (Fsp3) is 0.167. The summed E-state index contributed by atoms with van der Waals surface area (Å²) in [4.78, 5) is 12.4. The Morgan fingerprint density at radius 3 is 2.20 bits per heavy atom. The van der Waals surface area contributed by atoms with Crippen LogP contribution in [0.3, 0.4) is 0 Å². The minimum absolute atomic E-state index is 0.196. The van der Waals surface area contributed by atoms with Crippen LogP contribution in [0.1, 0.15) is 10.4 Å². The molecule has 0 unspecified atom stereocenters. The minimum Gasteiger partial charge on any atom is -0.493 e. The molecular weight excluding hydrogens is 454 g/mol. The van der Waals surface area contributed by atoms with Gasteiger partial charge in [-0.15, -0.1) is 0 Å². The lowest BCUT2D eigenvalue weighted by Gasteiger charge is -2.13. The molecule has 0 aliphatic carbocycles. The van der Waals surface area contributed by atoms with E-state index < -0.39 is 0 Å². The maximum absolute atomic E-state index is 12.4. The Bertz CT molecular complexity index is 781. The number of hydrogen-bond acceptors (Lipinski definition) is 5. The van der Waals surface area contributed by atoms with Crippen LogP contribution in [0.5, 0.6) is 17.2 Å². The predicted octanol–water partition coefficient (Wildman–Crippen LogP) is 5.05. The third-order valence-electron chi connectivity index (χ3n) is 3.35. The molecule has 7 heteroatoms. The van der Waals surface area contributed by atoms with E-state index >= 15 is 0 Å². The Morgan fingerprint density at radius 1 is 1.00 bits per heavy atom. The quantitative estimate of drug-likeness (QED) is 0.453. The van der Waals surface area contributed by atoms with Gasteiger partial charge in [0.05, 0.1) is 27.0 Å². The van der Waals surface area contributed by atoms with Gasteiger partial charge in [0.25, 0.3) is 0 Å². The first-order chi connectivity index (χ1) is 12.0. The molecule has 25 heavy (non-hydrogen) atoms. The first kappa shape index (κ1) is 19.3. The van der Waals surface area contributed by atoms with E-state index in [2.05, 4.69) is 37.2 Å². The van der Waals surface area contributed by atoms with Gasteiger partial charge in [0.15, 0.2) is 17.3 Å². The van der Waals surface area contributed by atoms with Crippen LogP contribution in [0.25, 0.3) is 0 Å². The summed E-state index contributed by atoms with van der Waals surface area (Å²) in [6.07, 6.45) is 3.02. The van der Waals surface area contributed by atoms with E-state index in [0.29, 0.717) is 22.8 Å². The number of benzene rings is 2. The number of rotatable bonds is 7. The SMILES string of the molecule is COc1cc(C(=O)C=CNc2cc(Br)ccc2Br)cc(OC)c1OC. The van der Waals surface area contributed by atoms with Crippen LogP contribution < -0.4 is 19.5 Å². The highest BCUT2D eigenvalue weighted by Gasteiger charge is 2.15. The van der Waals surface area contributed by atoms with E-state index in [1.807, 2.05) is 18.2 Å². The first-order valence-corrected chi connectivity index (χ1v) is 8.81. The molecule has 2 aromatic rings. The average molecular weight is 471 g/mol. The van der Waals surface area contributed by atoms with E-state index in [0.717, 1.165) is 14.6 Å². The lowest BCUT2D eigenvalue weighted by molar-refractivity contribution is 0.104. The van der Waals surface area contributed by atoms with Crippen molar-refractivity contribution in [1.29, 1.82) is 0 Å². The summed E-state index contributed by atoms with van der Waals surface area (Å²) in [5.74, 6) is 1.11. The molecular formula is C18H17Br2NO4. The Kier molecular flexibility index (Phi) is 6.90. The number of ketones is 1. The van der Waals surface area contributed by atoms with E-state index in [1.165, 1.54) is 27.4 Å². The van der Waals surface area contributed by atoms with Crippen molar-refractivity contribution in [2.24, 2.45) is 0 Å². The molecule has 1 N–H and O–H groups in total. The van der Waals surface area contributed by atoms with Crippen molar-refractivity contribution in [2.45, 2.75) is 0 Å². The van der Waals surface area contributed by atoms with Crippen molar-refractivity contribution in [3.05, 3.63) is 57.1 Å². The van der Waals surface area contributed by atoms with Gasteiger partial charge in [0, 0.05) is 26.8 Å². The summed E-state index contributed by atoms with van der Waals surface area (Å²) in [5, 5.41) is 3.07. The van der Waals surface area contributed by atoms with Gasteiger partial charge in [-0.3, -0.25) is 4.79 Å². The number of allylic oxidation sites excluding steroid dienone is 1. The summed E-state index contributed by atoms with van der Waals surface area (Å²) in [6.45, 7) is 0. The topological polar surface area (TPSA) is 56.8 Å². The van der Waals surface area contributed by atoms with Crippen LogP contribution in [-0.4, -0.2) is 27.1 Å². The number of ether oxygens (including phenoxy) is 3. The van der Waals surface area contributed by atoms with Crippen molar-refractivity contribution in [3.63, 3.8) is 0 Å². The van der Waals surface area contributed by atoms with Crippen LogP contribution in [-0.2, 0) is 0 Å². The monoisotopic (exact) mass is 469 g/mol. The lowest BCUT2D eigenvalue weighted by Crippen LogP contribution is -2.01. The summed E-state index contributed by atoms with van der Waals surface area (Å²) in [7, 11) is 4.53. The summed E-state index contributed by atoms with van der Waals surface area (Å²) < 4.78 is 17.6. The van der Waals surface area contributed by atoms with E-state index in [9.17, 15) is 4.79 Å². The molecule has 0 atom stereocenters. The van der Waals surface area contributed by atoms with E-state index in [1.54, 1.807) is 18.3 Å². The molecule has 0 aromatic heterocycles. The van der Waals surface area contributed by atoms with Gasteiger partial charge in [-0.1, -0.05) is 15.9 Å². The van der Waals surface area contributed by atoms with Gasteiger partial charge in [-0.2, -0.15) is 0 Å². The lowest BCUT2D eigenvalue weighted by atomic mass is 10.1. The number of carbonyl (C=O) groups is 1. The van der Waals surface area contributed by atoms with Crippen LogP contribution >= 0.6 is 31.9 Å². The van der Waals surface area contributed by atoms with Crippen molar-refractivity contribution < 1.29 is 19.0 Å². The molecule has 5 nitrogen and oxygen atoms in total. The first-order valence-electron chi connectivity index (χ1n) is 7.22. The number of nitrogens with one attached hydrogen (secondary N) is 1. The molecule has 0 fully saturated rings. The number of halogens is 2. The van der Waals surface area contributed by atoms with Crippen molar-refractivity contribution in [2.75, 3.05) is 26.6 Å². The van der Waals surface area contributed by atoms with E-state index in [4.69, 9.17) is 14.2 Å². The van der Waals surface area contributed by atoms with Crippen molar-refractivity contribution in [3.8, 4) is 17.2 Å². The molecule has 0 bridgehead atoms. The third kappa shape index (κ3) is 4.76. The third-order valence-corrected chi connectivity index (χ3v) is 4.54. The maximum Gasteiger partial charge on any atom is 0.203 e. The van der Waals surface area contributed by atoms with Gasteiger partial charge in [0.2, 0.25) is 5.75 Å². The molecule has 132 valence electrons. The molecule has 0 aliphatic rings. The molecule has 0 saturated heterocycles. The average Bonchev–Trinajstić information content (AvgIpc) is 2.62. The van der Waals surface area contributed by atoms with Gasteiger partial charge < -0.3 is 19.5 Å². The second kappa shape index (κ2) is 8.92. The number of anilines is 1. The zero-order valence-electron chi connectivity index (χ0n) is 13.9. The molecule has 2 rings (SSSR count). The molecule has 2 aromatic carbocycles. The zero-order valence-corrected chi connectivity index (χ0v) is 17.1. The highest BCUT2D eigenvalue weighted by molar-refractivity contribution is 9.11. The highest BCUT2D eigenvalue weighted by Crippen LogP contribution is 2.38. The number of hydrogen-bond donors (Lipinski definition) is 1. The van der Waals surface area contributed by atoms with Crippen LogP contribution in [0.15, 0.2) is 51.6 Å². The Morgan fingerprint density at radius 2 is 1.64 bits per heavy atom. The standard InChI is InChI=1S/C18H17Br2NO4/c1-23-16-8-11(9-17(24-2)18(16)25-3)15(22)6-7-21-14-10-12(19)4-5-13(14)20/h4-10,21H,1-3H3. The normalized spacial score (nSPS) is 10.6. The maximum atomic E-state index is 12.4. The molecule has 0 heterocycles. The zero-order chi connectivity index (χ0) is 18.4. The van der Waals surface area contributed by atoms with Crippen molar-refractivity contribution >= 4 is 43.3 Å². The number of carbonyl (C=O) groups excluding carboxylic acids is 1. The van der Waals surface area contributed by atoms with Gasteiger partial charge in [-0.25, -0.2) is 0 Å². The fourth-order valence-corrected chi connectivity index (χ4v) is 2.86. The summed E-state index contributed by atoms with van der Waals surface area (Å²) >= 11 is 6.85. The van der Waals surface area contributed by atoms with Crippen LogP contribution in [0.4, 0.5) is 5.69 Å². The second-order valence-corrected chi connectivity index (χ2v) is 6.65. The van der Waals surface area contributed by atoms with Gasteiger partial charge >= 0.3 is 0 Å². The highest BCUT2D eigenvalue weighted by atomic mass is 79.9. The summed E-state index contributed by atoms with van der Waals surface area (Å²) in [6, 6.07) is 8.95. The second-order valence-electron chi connectivity index (χ2n) is 4.88. The fourth-order valence-electron chi connectivity index (χ4n) is 2.13. The van der Waals surface area contributed by atoms with Crippen molar-refractivity contribution in [1.82, 2.24) is 0 Å². The van der Waals surface area contributed by atoms with Gasteiger partial charge in [0.1, 0.15) is 0 Å². The Hall–Kier alpha value is -1.99. The predicted molar refractivity (Wildman–Crippen MR) is 105 cm³/mol. The van der Waals surface area contributed by atoms with E-state index in [-0.39, 0.29) is 5.78 Å². The van der Waals surface area contributed by atoms with Gasteiger partial charge in [-0.05, 0) is 46.3 Å². The molecule has 0 spiro atoms. The Balaban J connectivity index is 2.21. The summed E-state index contributed by atoms with van der Waals surface area (Å²) in [5.41, 5.74) is 1.27. The van der Waals surface area contributed by atoms with Crippen LogP contribution in [0.2, 0.25) is 0 Å². The molecule has 0 aliphatic heterocycles. The smallest absolute Gasteiger partial charge is 0.203 e. The number of methoxy groups -OCH3 is 3. The largest absolute Gasteiger partial charge is 0.493 e. The molecule has 0 amide bonds. The minimum atomic E-state index is -0.196.